The fraction of sp³-hybridized carbons (Fsp3) is 0.571. The molecule has 1 rings (SSSR count). The van der Waals surface area contributed by atoms with Crippen LogP contribution in [0, 0.1) is 13.8 Å². The number of nitrogens with zero attached hydrogens (tertiary/aromatic N) is 3. The number of hydrogen-bond acceptors (Lipinski definition) is 4. The van der Waals surface area contributed by atoms with Crippen molar-refractivity contribution >= 4 is 0 Å². The second-order valence-electron chi connectivity index (χ2n) is 2.38. The van der Waals surface area contributed by atoms with Gasteiger partial charge in [-0.2, -0.15) is 0 Å². The summed E-state index contributed by atoms with van der Waals surface area (Å²) in [5.41, 5.74) is 5.36. The van der Waals surface area contributed by atoms with Gasteiger partial charge in [0.1, 0.15) is 17.5 Å². The van der Waals surface area contributed by atoms with E-state index >= 15 is 0 Å². The molecule has 0 saturated carbocycles. The molecule has 0 aliphatic carbocycles. The van der Waals surface area contributed by atoms with Gasteiger partial charge in [-0.3, -0.25) is 0 Å². The Morgan fingerprint density at radius 3 is 2.09 bits per heavy atom. The lowest BCUT2D eigenvalue weighted by Crippen LogP contribution is -2.09. The molecule has 0 saturated heterocycles. The highest BCUT2D eigenvalue weighted by Gasteiger charge is 1.97. The second-order valence-corrected chi connectivity index (χ2v) is 2.38. The van der Waals surface area contributed by atoms with Gasteiger partial charge in [-0.1, -0.05) is 0 Å². The van der Waals surface area contributed by atoms with Crippen LogP contribution < -0.4 is 5.73 Å². The van der Waals surface area contributed by atoms with Crippen molar-refractivity contribution in [1.82, 2.24) is 15.0 Å². The van der Waals surface area contributed by atoms with Crippen LogP contribution in [0.1, 0.15) is 17.5 Å². The van der Waals surface area contributed by atoms with Gasteiger partial charge in [0, 0.05) is 6.42 Å². The van der Waals surface area contributed by atoms with Crippen molar-refractivity contribution < 1.29 is 0 Å². The summed E-state index contributed by atoms with van der Waals surface area (Å²) in [6.07, 6.45) is 0.726. The summed E-state index contributed by atoms with van der Waals surface area (Å²) >= 11 is 0. The third-order valence-corrected chi connectivity index (χ3v) is 1.27. The number of hydrogen-bond donors (Lipinski definition) is 1. The fourth-order valence-corrected chi connectivity index (χ4v) is 0.924. The van der Waals surface area contributed by atoms with Crippen molar-refractivity contribution in [3.63, 3.8) is 0 Å². The average Bonchev–Trinajstić information content (AvgIpc) is 1.85. The van der Waals surface area contributed by atoms with E-state index in [1.807, 2.05) is 13.8 Å². The summed E-state index contributed by atoms with van der Waals surface area (Å²) in [7, 11) is 0. The molecule has 0 spiro atoms. The van der Waals surface area contributed by atoms with Gasteiger partial charge in [-0.05, 0) is 20.4 Å². The predicted octanol–water partition coefficient (Wildman–Crippen LogP) is -0.0104. The minimum absolute atomic E-state index is 0.586. The van der Waals surface area contributed by atoms with Crippen LogP contribution in [0.2, 0.25) is 0 Å². The first-order valence-electron chi connectivity index (χ1n) is 3.60. The first kappa shape index (κ1) is 8.07. The zero-order valence-corrected chi connectivity index (χ0v) is 6.83. The topological polar surface area (TPSA) is 64.7 Å². The second kappa shape index (κ2) is 3.39. The molecular weight excluding hydrogens is 140 g/mol. The monoisotopic (exact) mass is 152 g/mol. The number of aryl methyl sites for hydroxylation is 2. The Morgan fingerprint density at radius 1 is 1.09 bits per heavy atom. The van der Waals surface area contributed by atoms with Crippen LogP contribution in [0.15, 0.2) is 0 Å². The Kier molecular flexibility index (Phi) is 2.48. The van der Waals surface area contributed by atoms with Gasteiger partial charge >= 0.3 is 0 Å². The van der Waals surface area contributed by atoms with Crippen LogP contribution in [0.5, 0.6) is 0 Å². The summed E-state index contributed by atoms with van der Waals surface area (Å²) in [6, 6.07) is 0. The maximum atomic E-state index is 5.36. The van der Waals surface area contributed by atoms with Crippen LogP contribution in [0.25, 0.3) is 0 Å². The van der Waals surface area contributed by atoms with Gasteiger partial charge in [0.15, 0.2) is 0 Å². The fourth-order valence-electron chi connectivity index (χ4n) is 0.924. The Hall–Kier alpha value is -1.03. The minimum Gasteiger partial charge on any atom is -0.330 e. The molecule has 0 aromatic carbocycles. The first-order chi connectivity index (χ1) is 5.22. The molecule has 0 radical (unpaired) electrons. The molecule has 1 aromatic rings. The quantitative estimate of drug-likeness (QED) is 0.647. The highest BCUT2D eigenvalue weighted by molar-refractivity contribution is 4.94. The summed E-state index contributed by atoms with van der Waals surface area (Å²) in [5.74, 6) is 2.32. The molecule has 4 nitrogen and oxygen atoms in total. The highest BCUT2D eigenvalue weighted by Crippen LogP contribution is 1.93. The first-order valence-corrected chi connectivity index (χ1v) is 3.60. The molecule has 0 amide bonds. The van der Waals surface area contributed by atoms with Gasteiger partial charge < -0.3 is 5.73 Å². The molecule has 0 bridgehead atoms. The van der Waals surface area contributed by atoms with E-state index in [0.29, 0.717) is 6.54 Å². The van der Waals surface area contributed by atoms with E-state index in [2.05, 4.69) is 15.0 Å². The van der Waals surface area contributed by atoms with Gasteiger partial charge in [0.25, 0.3) is 0 Å². The minimum atomic E-state index is 0.586. The molecule has 0 fully saturated rings. The lowest BCUT2D eigenvalue weighted by molar-refractivity contribution is 0.799. The van der Waals surface area contributed by atoms with Crippen molar-refractivity contribution in [2.24, 2.45) is 5.73 Å². The van der Waals surface area contributed by atoms with Crippen molar-refractivity contribution in [3.8, 4) is 0 Å². The van der Waals surface area contributed by atoms with E-state index < -0.39 is 0 Å². The third-order valence-electron chi connectivity index (χ3n) is 1.27. The lowest BCUT2D eigenvalue weighted by Gasteiger charge is -1.99. The molecule has 60 valence electrons. The van der Waals surface area contributed by atoms with Crippen molar-refractivity contribution in [2.45, 2.75) is 20.3 Å². The van der Waals surface area contributed by atoms with Crippen molar-refractivity contribution in [2.75, 3.05) is 6.54 Å². The molecular formula is C7H12N4. The van der Waals surface area contributed by atoms with Crippen LogP contribution in [0.3, 0.4) is 0 Å². The lowest BCUT2D eigenvalue weighted by atomic mass is 10.4. The van der Waals surface area contributed by atoms with Crippen molar-refractivity contribution in [3.05, 3.63) is 17.5 Å². The largest absolute Gasteiger partial charge is 0.330 e. The molecule has 0 atom stereocenters. The Balaban J connectivity index is 2.89. The van der Waals surface area contributed by atoms with E-state index in [4.69, 9.17) is 5.73 Å². The average molecular weight is 152 g/mol. The maximum absolute atomic E-state index is 5.36. The van der Waals surface area contributed by atoms with E-state index in [0.717, 1.165) is 23.9 Å². The number of nitrogens with two attached hydrogens (primary N) is 1. The molecule has 0 aliphatic heterocycles. The van der Waals surface area contributed by atoms with Crippen LogP contribution in [-0.2, 0) is 6.42 Å². The molecule has 11 heavy (non-hydrogen) atoms. The zero-order chi connectivity index (χ0) is 8.27. The molecule has 4 heteroatoms. The van der Waals surface area contributed by atoms with E-state index in [1.54, 1.807) is 0 Å². The Labute approximate surface area is 65.9 Å². The number of aromatic nitrogens is 3. The molecule has 1 heterocycles. The molecule has 0 unspecified atom stereocenters. The van der Waals surface area contributed by atoms with E-state index in [9.17, 15) is 0 Å². The zero-order valence-electron chi connectivity index (χ0n) is 6.83. The highest BCUT2D eigenvalue weighted by atomic mass is 15.0. The smallest absolute Gasteiger partial charge is 0.133 e. The summed E-state index contributed by atoms with van der Waals surface area (Å²) in [5, 5.41) is 0. The Morgan fingerprint density at radius 2 is 1.64 bits per heavy atom. The summed E-state index contributed by atoms with van der Waals surface area (Å²) < 4.78 is 0. The van der Waals surface area contributed by atoms with E-state index in [-0.39, 0.29) is 0 Å². The van der Waals surface area contributed by atoms with Gasteiger partial charge in [0.2, 0.25) is 0 Å². The summed E-state index contributed by atoms with van der Waals surface area (Å²) in [6.45, 7) is 4.30. The number of rotatable bonds is 2. The van der Waals surface area contributed by atoms with Gasteiger partial charge in [0.05, 0.1) is 0 Å². The SMILES string of the molecule is Cc1nc(C)nc(CCN)n1. The van der Waals surface area contributed by atoms with Crippen molar-refractivity contribution in [1.29, 1.82) is 0 Å². The standard InChI is InChI=1S/C7H12N4/c1-5-9-6(2)11-7(10-5)3-4-8/h3-4,8H2,1-2H3. The van der Waals surface area contributed by atoms with Gasteiger partial charge in [-0.25, -0.2) is 15.0 Å². The van der Waals surface area contributed by atoms with Crippen LogP contribution >= 0.6 is 0 Å². The molecule has 0 aliphatic rings. The van der Waals surface area contributed by atoms with Crippen LogP contribution in [0.4, 0.5) is 0 Å². The maximum Gasteiger partial charge on any atom is 0.133 e. The normalized spacial score (nSPS) is 10.1. The van der Waals surface area contributed by atoms with Gasteiger partial charge in [-0.15, -0.1) is 0 Å². The van der Waals surface area contributed by atoms with Crippen LogP contribution in [-0.4, -0.2) is 21.5 Å². The summed E-state index contributed by atoms with van der Waals surface area (Å²) in [4.78, 5) is 12.3. The predicted molar refractivity (Wildman–Crippen MR) is 42.1 cm³/mol. The Bertz CT molecular complexity index is 226. The van der Waals surface area contributed by atoms with E-state index in [1.165, 1.54) is 0 Å². The molecule has 2 N–H and O–H groups in total. The third kappa shape index (κ3) is 2.23. The molecule has 1 aromatic heterocycles.